The van der Waals surface area contributed by atoms with E-state index in [1.807, 2.05) is 28.8 Å². The highest BCUT2D eigenvalue weighted by Crippen LogP contribution is 2.30. The van der Waals surface area contributed by atoms with E-state index >= 15 is 0 Å². The maximum absolute atomic E-state index is 13.6. The average molecular weight is 494 g/mol. The van der Waals surface area contributed by atoms with Gasteiger partial charge in [-0.3, -0.25) is 0 Å². The second-order valence-electron chi connectivity index (χ2n) is 8.31. The van der Waals surface area contributed by atoms with E-state index in [1.54, 1.807) is 38.1 Å². The third-order valence-electron chi connectivity index (χ3n) is 5.81. The molecule has 0 saturated carbocycles. The van der Waals surface area contributed by atoms with Gasteiger partial charge in [0.05, 0.1) is 32.0 Å². The van der Waals surface area contributed by atoms with Crippen molar-refractivity contribution in [1.82, 2.24) is 0 Å². The lowest BCUT2D eigenvalue weighted by molar-refractivity contribution is -0.645. The van der Waals surface area contributed by atoms with Crippen molar-refractivity contribution in [2.45, 2.75) is 26.8 Å². The largest absolute Gasteiger partial charge is 0.748 e. The van der Waals surface area contributed by atoms with Crippen LogP contribution < -0.4 is 9.30 Å². The summed E-state index contributed by atoms with van der Waals surface area (Å²) in [5.41, 5.74) is 2.87. The third kappa shape index (κ3) is 5.01. The van der Waals surface area contributed by atoms with Gasteiger partial charge in [0.25, 0.3) is 0 Å². The second kappa shape index (κ2) is 9.44. The van der Waals surface area contributed by atoms with Gasteiger partial charge in [-0.1, -0.05) is 24.3 Å². The fourth-order valence-corrected chi connectivity index (χ4v) is 4.84. The number of aromatic nitrogens is 1. The van der Waals surface area contributed by atoms with Gasteiger partial charge in [-0.25, -0.2) is 18.0 Å². The maximum atomic E-state index is 13.6. The van der Waals surface area contributed by atoms with Crippen LogP contribution in [-0.2, 0) is 16.7 Å². The Morgan fingerprint density at radius 1 is 0.943 bits per heavy atom. The monoisotopic (exact) mass is 493 g/mol. The van der Waals surface area contributed by atoms with Gasteiger partial charge in [-0.2, -0.15) is 4.57 Å². The molecule has 0 aliphatic rings. The number of aromatic carboxylic acids is 1. The lowest BCUT2D eigenvalue weighted by atomic mass is 10.0. The summed E-state index contributed by atoms with van der Waals surface area (Å²) in [6, 6.07) is 17.3. The van der Waals surface area contributed by atoms with Crippen LogP contribution in [0.2, 0.25) is 0 Å². The number of carbonyl (C=O) groups is 2. The number of aryl methyl sites for hydroxylation is 3. The van der Waals surface area contributed by atoms with Gasteiger partial charge in [0.15, 0.2) is 6.54 Å². The van der Waals surface area contributed by atoms with Crippen LogP contribution in [-0.4, -0.2) is 35.8 Å². The first kappa shape index (κ1) is 24.3. The molecule has 0 atom stereocenters. The standard InChI is InChI=1S/C26H23NO7S/c1-16-14-18(25(28)29)15-17(2)24(16)34-26(30)23-19-8-3-5-10-21(19)27(12-7-13-35(31,32)33)22-11-6-4-9-20(22)23/h3-6,8-11,14-15H,7,12-13H2,1-2H3,(H-,28,29,31,32,33). The Morgan fingerprint density at radius 2 is 1.46 bits per heavy atom. The molecule has 0 amide bonds. The summed E-state index contributed by atoms with van der Waals surface area (Å²) in [6.07, 6.45) is 0.128. The van der Waals surface area contributed by atoms with Crippen molar-refractivity contribution in [3.05, 3.63) is 82.9 Å². The normalized spacial score (nSPS) is 11.6. The van der Waals surface area contributed by atoms with Crippen LogP contribution in [0, 0.1) is 13.8 Å². The number of pyridine rings is 1. The predicted molar refractivity (Wildman–Crippen MR) is 129 cm³/mol. The number of ether oxygens (including phenoxy) is 1. The molecule has 180 valence electrons. The first-order chi connectivity index (χ1) is 16.6. The summed E-state index contributed by atoms with van der Waals surface area (Å²) in [6.45, 7) is 3.63. The van der Waals surface area contributed by atoms with Crippen molar-refractivity contribution < 1.29 is 37.0 Å². The Balaban J connectivity index is 1.85. The molecule has 3 aromatic carbocycles. The molecule has 4 aromatic rings. The Kier molecular flexibility index (Phi) is 6.56. The molecule has 1 N–H and O–H groups in total. The number of benzene rings is 3. The summed E-state index contributed by atoms with van der Waals surface area (Å²) >= 11 is 0. The summed E-state index contributed by atoms with van der Waals surface area (Å²) in [5.74, 6) is -1.85. The van der Waals surface area contributed by atoms with Crippen molar-refractivity contribution in [1.29, 1.82) is 0 Å². The van der Waals surface area contributed by atoms with E-state index < -0.39 is 27.8 Å². The number of carboxylic acids is 1. The van der Waals surface area contributed by atoms with Crippen LogP contribution >= 0.6 is 0 Å². The van der Waals surface area contributed by atoms with Gasteiger partial charge >= 0.3 is 11.9 Å². The van der Waals surface area contributed by atoms with Gasteiger partial charge in [0, 0.05) is 24.3 Å². The van der Waals surface area contributed by atoms with Crippen molar-refractivity contribution in [2.75, 3.05) is 5.75 Å². The number of hydrogen-bond acceptors (Lipinski definition) is 6. The topological polar surface area (TPSA) is 125 Å². The van der Waals surface area contributed by atoms with E-state index in [9.17, 15) is 27.7 Å². The molecule has 0 spiro atoms. The molecule has 0 radical (unpaired) electrons. The zero-order valence-corrected chi connectivity index (χ0v) is 20.0. The molecule has 0 aliphatic carbocycles. The SMILES string of the molecule is Cc1cc(C(=O)O)cc(C)c1OC(=O)c1c2ccccc2[n+](CCCS(=O)(=O)[O-])c2ccccc12. The predicted octanol–water partition coefficient (Wildman–Crippen LogP) is 3.75. The molecular weight excluding hydrogens is 470 g/mol. The molecular formula is C26H23NO7S. The highest BCUT2D eigenvalue weighted by molar-refractivity contribution is 7.85. The molecule has 0 bridgehead atoms. The van der Waals surface area contributed by atoms with E-state index in [4.69, 9.17) is 4.74 Å². The van der Waals surface area contributed by atoms with Crippen molar-refractivity contribution in [2.24, 2.45) is 0 Å². The van der Waals surface area contributed by atoms with Gasteiger partial charge in [-0.05, 0) is 49.2 Å². The number of fused-ring (bicyclic) bond motifs is 2. The smallest absolute Gasteiger partial charge is 0.345 e. The molecule has 0 unspecified atom stereocenters. The number of esters is 1. The molecule has 0 aliphatic heterocycles. The first-order valence-electron chi connectivity index (χ1n) is 10.9. The molecule has 0 saturated heterocycles. The van der Waals surface area contributed by atoms with Crippen LogP contribution in [0.1, 0.15) is 38.3 Å². The highest BCUT2D eigenvalue weighted by atomic mass is 32.2. The van der Waals surface area contributed by atoms with Crippen LogP contribution in [0.4, 0.5) is 0 Å². The van der Waals surface area contributed by atoms with E-state index in [0.717, 1.165) is 0 Å². The number of carboxylic acid groups (broad SMARTS) is 1. The van der Waals surface area contributed by atoms with Crippen LogP contribution in [0.5, 0.6) is 5.75 Å². The Bertz CT molecular complexity index is 1510. The van der Waals surface area contributed by atoms with Crippen molar-refractivity contribution >= 4 is 43.9 Å². The Morgan fingerprint density at radius 3 is 1.94 bits per heavy atom. The lowest BCUT2D eigenvalue weighted by Crippen LogP contribution is -2.37. The molecule has 9 heteroatoms. The minimum absolute atomic E-state index is 0.108. The van der Waals surface area contributed by atoms with Gasteiger partial charge in [-0.15, -0.1) is 0 Å². The van der Waals surface area contributed by atoms with Crippen LogP contribution in [0.15, 0.2) is 60.7 Å². The van der Waals surface area contributed by atoms with E-state index in [-0.39, 0.29) is 18.5 Å². The third-order valence-corrected chi connectivity index (χ3v) is 6.60. The highest BCUT2D eigenvalue weighted by Gasteiger charge is 2.26. The van der Waals surface area contributed by atoms with Gasteiger partial charge < -0.3 is 14.4 Å². The number of carbonyl (C=O) groups excluding carboxylic acids is 1. The summed E-state index contributed by atoms with van der Waals surface area (Å²) < 4.78 is 41.1. The van der Waals surface area contributed by atoms with Crippen molar-refractivity contribution in [3.8, 4) is 5.75 Å². The number of rotatable bonds is 7. The average Bonchev–Trinajstić information content (AvgIpc) is 2.80. The quantitative estimate of drug-likeness (QED) is 0.137. The van der Waals surface area contributed by atoms with Crippen LogP contribution in [0.25, 0.3) is 21.8 Å². The zero-order chi connectivity index (χ0) is 25.3. The summed E-state index contributed by atoms with van der Waals surface area (Å²) in [7, 11) is -4.35. The first-order valence-corrected chi connectivity index (χ1v) is 12.5. The lowest BCUT2D eigenvalue weighted by Gasteiger charge is -2.14. The van der Waals surface area contributed by atoms with Crippen molar-refractivity contribution in [3.63, 3.8) is 0 Å². The maximum Gasteiger partial charge on any atom is 0.345 e. The van der Waals surface area contributed by atoms with Gasteiger partial charge in [0.1, 0.15) is 5.75 Å². The fraction of sp³-hybridized carbons (Fsp3) is 0.192. The zero-order valence-electron chi connectivity index (χ0n) is 19.1. The van der Waals surface area contributed by atoms with E-state index in [2.05, 4.69) is 0 Å². The number of nitrogens with zero attached hydrogens (tertiary/aromatic N) is 1. The molecule has 8 nitrogen and oxygen atoms in total. The van der Waals surface area contributed by atoms with Gasteiger partial charge in [0.2, 0.25) is 11.0 Å². The number of para-hydroxylation sites is 2. The minimum Gasteiger partial charge on any atom is -0.748 e. The number of hydrogen-bond donors (Lipinski definition) is 1. The molecule has 35 heavy (non-hydrogen) atoms. The second-order valence-corrected chi connectivity index (χ2v) is 9.83. The van der Waals surface area contributed by atoms with E-state index in [1.165, 1.54) is 12.1 Å². The minimum atomic E-state index is -4.35. The summed E-state index contributed by atoms with van der Waals surface area (Å²) in [4.78, 5) is 24.9. The fourth-order valence-electron chi connectivity index (χ4n) is 4.35. The molecule has 1 aromatic heterocycles. The molecule has 1 heterocycles. The summed E-state index contributed by atoms with van der Waals surface area (Å²) in [5, 5.41) is 10.5. The Hall–Kier alpha value is -3.82. The van der Waals surface area contributed by atoms with Crippen LogP contribution in [0.3, 0.4) is 0 Å². The molecule has 0 fully saturated rings. The molecule has 4 rings (SSSR count). The van der Waals surface area contributed by atoms with E-state index in [0.29, 0.717) is 44.2 Å². The Labute approximate surface area is 202 Å².